The number of hydrogen-bond acceptors (Lipinski definition) is 2. The molecule has 0 aromatic carbocycles. The third-order valence-corrected chi connectivity index (χ3v) is 2.75. The van der Waals surface area contributed by atoms with E-state index in [9.17, 15) is 9.59 Å². The first kappa shape index (κ1) is 15.7. The van der Waals surface area contributed by atoms with Gasteiger partial charge >= 0.3 is 12.0 Å². The molecule has 0 aromatic rings. The summed E-state index contributed by atoms with van der Waals surface area (Å²) in [6.07, 6.45) is 2.87. The quantitative estimate of drug-likeness (QED) is 0.686. The third-order valence-electron chi connectivity index (χ3n) is 2.75. The number of nitrogens with zero attached hydrogens (tertiary/aromatic N) is 1. The predicted octanol–water partition coefficient (Wildman–Crippen LogP) is 2.07. The van der Waals surface area contributed by atoms with E-state index in [-0.39, 0.29) is 25.0 Å². The summed E-state index contributed by atoms with van der Waals surface area (Å²) in [5.41, 5.74) is 0. The van der Waals surface area contributed by atoms with E-state index in [1.54, 1.807) is 4.90 Å². The highest BCUT2D eigenvalue weighted by atomic mass is 16.4. The van der Waals surface area contributed by atoms with Crippen LogP contribution in [-0.4, -0.2) is 41.1 Å². The summed E-state index contributed by atoms with van der Waals surface area (Å²) in [6.45, 7) is 7.04. The van der Waals surface area contributed by atoms with E-state index in [4.69, 9.17) is 5.11 Å². The van der Waals surface area contributed by atoms with Crippen LogP contribution in [0.3, 0.4) is 0 Å². The summed E-state index contributed by atoms with van der Waals surface area (Å²) in [5, 5.41) is 11.1. The van der Waals surface area contributed by atoms with Gasteiger partial charge in [0.25, 0.3) is 0 Å². The summed E-state index contributed by atoms with van der Waals surface area (Å²) in [6, 6.07) is 0.0282. The second kappa shape index (κ2) is 8.84. The van der Waals surface area contributed by atoms with E-state index in [2.05, 4.69) is 12.2 Å². The number of hydrogen-bond donors (Lipinski definition) is 2. The lowest BCUT2D eigenvalue weighted by Gasteiger charge is -2.28. The van der Waals surface area contributed by atoms with Gasteiger partial charge < -0.3 is 15.3 Å². The molecule has 0 bridgehead atoms. The van der Waals surface area contributed by atoms with Gasteiger partial charge in [-0.2, -0.15) is 0 Å². The Kier molecular flexibility index (Phi) is 8.19. The number of carboxylic acid groups (broad SMARTS) is 1. The van der Waals surface area contributed by atoms with Crippen LogP contribution in [0.5, 0.6) is 0 Å². The molecule has 2 amide bonds. The van der Waals surface area contributed by atoms with Crippen molar-refractivity contribution < 1.29 is 14.7 Å². The molecule has 0 saturated heterocycles. The Bertz CT molecular complexity index is 244. The fraction of sp³-hybridized carbons (Fsp3) is 0.833. The maximum absolute atomic E-state index is 11.9. The molecule has 100 valence electrons. The normalized spacial score (nSPS) is 11.9. The van der Waals surface area contributed by atoms with Crippen molar-refractivity contribution in [2.24, 2.45) is 0 Å². The Hall–Kier alpha value is -1.26. The fourth-order valence-electron chi connectivity index (χ4n) is 1.45. The molecule has 0 saturated carbocycles. The largest absolute Gasteiger partial charge is 0.481 e. The molecular weight excluding hydrogens is 220 g/mol. The molecule has 1 unspecified atom stereocenters. The van der Waals surface area contributed by atoms with Crippen molar-refractivity contribution in [3.8, 4) is 0 Å². The number of carbonyl (C=O) groups excluding carboxylic acids is 1. The first-order valence-corrected chi connectivity index (χ1v) is 6.29. The average molecular weight is 244 g/mol. The van der Waals surface area contributed by atoms with Gasteiger partial charge in [-0.3, -0.25) is 4.79 Å². The summed E-state index contributed by atoms with van der Waals surface area (Å²) in [4.78, 5) is 24.0. The zero-order valence-corrected chi connectivity index (χ0v) is 11.0. The second-order valence-corrected chi connectivity index (χ2v) is 4.18. The van der Waals surface area contributed by atoms with E-state index in [1.807, 2.05) is 13.8 Å². The molecule has 0 aliphatic rings. The third kappa shape index (κ3) is 6.81. The molecular formula is C12H24N2O3. The Labute approximate surface area is 103 Å². The summed E-state index contributed by atoms with van der Waals surface area (Å²) < 4.78 is 0. The molecule has 17 heavy (non-hydrogen) atoms. The lowest BCUT2D eigenvalue weighted by Crippen LogP contribution is -2.45. The number of amides is 2. The molecule has 0 heterocycles. The van der Waals surface area contributed by atoms with Gasteiger partial charge in [0.15, 0.2) is 0 Å². The van der Waals surface area contributed by atoms with Crippen molar-refractivity contribution >= 4 is 12.0 Å². The number of nitrogens with one attached hydrogen (secondary N) is 1. The van der Waals surface area contributed by atoms with Crippen LogP contribution in [0.2, 0.25) is 0 Å². The Morgan fingerprint density at radius 1 is 1.35 bits per heavy atom. The number of unbranched alkanes of at least 4 members (excludes halogenated alkanes) is 1. The average Bonchev–Trinajstić information content (AvgIpc) is 2.28. The molecule has 0 aliphatic carbocycles. The van der Waals surface area contributed by atoms with Crippen LogP contribution in [0, 0.1) is 0 Å². The van der Waals surface area contributed by atoms with Crippen LogP contribution in [-0.2, 0) is 4.79 Å². The minimum atomic E-state index is -0.894. The van der Waals surface area contributed by atoms with E-state index in [1.165, 1.54) is 0 Å². The van der Waals surface area contributed by atoms with Gasteiger partial charge in [0.05, 0.1) is 6.42 Å². The van der Waals surface area contributed by atoms with Crippen molar-refractivity contribution in [1.29, 1.82) is 0 Å². The van der Waals surface area contributed by atoms with Crippen LogP contribution in [0.1, 0.15) is 46.5 Å². The molecule has 0 fully saturated rings. The molecule has 2 N–H and O–H groups in total. The van der Waals surface area contributed by atoms with Gasteiger partial charge in [-0.15, -0.1) is 0 Å². The lowest BCUT2D eigenvalue weighted by atomic mass is 10.2. The molecule has 1 atom stereocenters. The predicted molar refractivity (Wildman–Crippen MR) is 67.0 cm³/mol. The molecule has 5 nitrogen and oxygen atoms in total. The van der Waals surface area contributed by atoms with E-state index < -0.39 is 5.97 Å². The fourth-order valence-corrected chi connectivity index (χ4v) is 1.45. The van der Waals surface area contributed by atoms with E-state index in [0.29, 0.717) is 0 Å². The molecule has 5 heteroatoms. The highest BCUT2D eigenvalue weighted by Crippen LogP contribution is 2.06. The van der Waals surface area contributed by atoms with Crippen molar-refractivity contribution in [3.05, 3.63) is 0 Å². The molecule has 0 spiro atoms. The molecule has 0 aromatic heterocycles. The van der Waals surface area contributed by atoms with Crippen LogP contribution in [0.25, 0.3) is 0 Å². The van der Waals surface area contributed by atoms with Crippen LogP contribution in [0.4, 0.5) is 4.79 Å². The number of carboxylic acids is 1. The van der Waals surface area contributed by atoms with Gasteiger partial charge in [-0.1, -0.05) is 20.3 Å². The summed E-state index contributed by atoms with van der Waals surface area (Å²) >= 11 is 0. The lowest BCUT2D eigenvalue weighted by molar-refractivity contribution is -0.136. The minimum absolute atomic E-state index is 0.0339. The van der Waals surface area contributed by atoms with E-state index >= 15 is 0 Å². The number of aliphatic carboxylic acids is 1. The van der Waals surface area contributed by atoms with Gasteiger partial charge in [0.1, 0.15) is 0 Å². The van der Waals surface area contributed by atoms with Crippen molar-refractivity contribution in [2.75, 3.05) is 13.1 Å². The highest BCUT2D eigenvalue weighted by Gasteiger charge is 2.17. The van der Waals surface area contributed by atoms with Gasteiger partial charge in [0.2, 0.25) is 0 Å². The van der Waals surface area contributed by atoms with Crippen LogP contribution >= 0.6 is 0 Å². The maximum Gasteiger partial charge on any atom is 0.317 e. The Balaban J connectivity index is 4.16. The van der Waals surface area contributed by atoms with Crippen molar-refractivity contribution in [1.82, 2.24) is 10.2 Å². The van der Waals surface area contributed by atoms with E-state index in [0.717, 1.165) is 25.8 Å². The SMILES string of the molecule is CCCCN(C(=O)NCCC(=O)O)C(C)CC. The first-order valence-electron chi connectivity index (χ1n) is 6.29. The molecule has 0 radical (unpaired) electrons. The van der Waals surface area contributed by atoms with Crippen LogP contribution < -0.4 is 5.32 Å². The van der Waals surface area contributed by atoms with Gasteiger partial charge in [-0.05, 0) is 19.8 Å². The van der Waals surface area contributed by atoms with Crippen LogP contribution in [0.15, 0.2) is 0 Å². The summed E-state index contributed by atoms with van der Waals surface area (Å²) in [5.74, 6) is -0.894. The van der Waals surface area contributed by atoms with Crippen molar-refractivity contribution in [3.63, 3.8) is 0 Å². The number of rotatable bonds is 8. The Morgan fingerprint density at radius 3 is 2.47 bits per heavy atom. The topological polar surface area (TPSA) is 69.6 Å². The number of carbonyl (C=O) groups is 2. The van der Waals surface area contributed by atoms with Gasteiger partial charge in [0, 0.05) is 19.1 Å². The van der Waals surface area contributed by atoms with Gasteiger partial charge in [-0.25, -0.2) is 4.79 Å². The first-order chi connectivity index (χ1) is 8.02. The summed E-state index contributed by atoms with van der Waals surface area (Å²) in [7, 11) is 0. The zero-order chi connectivity index (χ0) is 13.3. The zero-order valence-electron chi connectivity index (χ0n) is 11.0. The minimum Gasteiger partial charge on any atom is -0.481 e. The highest BCUT2D eigenvalue weighted by molar-refractivity contribution is 5.75. The second-order valence-electron chi connectivity index (χ2n) is 4.18. The van der Waals surface area contributed by atoms with Crippen molar-refractivity contribution in [2.45, 2.75) is 52.5 Å². The maximum atomic E-state index is 11.9. The molecule has 0 rings (SSSR count). The number of urea groups is 1. The molecule has 0 aliphatic heterocycles. The smallest absolute Gasteiger partial charge is 0.317 e. The monoisotopic (exact) mass is 244 g/mol. The standard InChI is InChI=1S/C12H24N2O3/c1-4-6-9-14(10(3)5-2)12(17)13-8-7-11(15)16/h10H,4-9H2,1-3H3,(H,13,17)(H,15,16). The Morgan fingerprint density at radius 2 is 2.00 bits per heavy atom.